The van der Waals surface area contributed by atoms with Gasteiger partial charge in [0.2, 0.25) is 0 Å². The molecule has 1 aromatic heterocycles. The van der Waals surface area contributed by atoms with Crippen LogP contribution in [0.4, 0.5) is 11.4 Å². The smallest absolute Gasteiger partial charge is 0.337 e. The molecule has 0 bridgehead atoms. The van der Waals surface area contributed by atoms with Crippen LogP contribution in [0.2, 0.25) is 0 Å². The monoisotopic (exact) mass is 242 g/mol. The first-order chi connectivity index (χ1) is 8.70. The lowest BCUT2D eigenvalue weighted by Crippen LogP contribution is -2.02. The maximum atomic E-state index is 11.4. The molecule has 0 unspecified atom stereocenters. The zero-order valence-corrected chi connectivity index (χ0v) is 10.3. The Hall–Kier alpha value is -2.36. The summed E-state index contributed by atoms with van der Waals surface area (Å²) in [4.78, 5) is 15.3. The normalized spacial score (nSPS) is 9.89. The summed E-state index contributed by atoms with van der Waals surface area (Å²) in [6.07, 6.45) is 3.45. The Morgan fingerprint density at radius 1 is 1.22 bits per heavy atom. The summed E-state index contributed by atoms with van der Waals surface area (Å²) in [6, 6.07) is 9.17. The van der Waals surface area contributed by atoms with Gasteiger partial charge in [-0.1, -0.05) is 0 Å². The van der Waals surface area contributed by atoms with Crippen LogP contribution in [0.1, 0.15) is 15.9 Å². The van der Waals surface area contributed by atoms with Crippen LogP contribution in [0.5, 0.6) is 0 Å². The van der Waals surface area contributed by atoms with Gasteiger partial charge >= 0.3 is 5.97 Å². The third-order valence-electron chi connectivity index (χ3n) is 2.61. The summed E-state index contributed by atoms with van der Waals surface area (Å²) in [5, 5.41) is 3.26. The highest BCUT2D eigenvalue weighted by molar-refractivity contribution is 5.90. The van der Waals surface area contributed by atoms with Crippen molar-refractivity contribution in [1.82, 2.24) is 4.98 Å². The average Bonchev–Trinajstić information content (AvgIpc) is 2.41. The van der Waals surface area contributed by atoms with Crippen LogP contribution in [0.3, 0.4) is 0 Å². The lowest BCUT2D eigenvalue weighted by Gasteiger charge is -2.10. The molecule has 4 heteroatoms. The summed E-state index contributed by atoms with van der Waals surface area (Å²) >= 11 is 0. The van der Waals surface area contributed by atoms with E-state index in [-0.39, 0.29) is 5.97 Å². The largest absolute Gasteiger partial charge is 0.465 e. The van der Waals surface area contributed by atoms with Crippen molar-refractivity contribution in [1.29, 1.82) is 0 Å². The number of esters is 1. The number of hydrogen-bond donors (Lipinski definition) is 1. The van der Waals surface area contributed by atoms with Crippen molar-refractivity contribution in [2.45, 2.75) is 6.92 Å². The second-order valence-electron chi connectivity index (χ2n) is 3.88. The molecular weight excluding hydrogens is 228 g/mol. The molecule has 0 aliphatic carbocycles. The van der Waals surface area contributed by atoms with Crippen LogP contribution in [0.15, 0.2) is 42.7 Å². The summed E-state index contributed by atoms with van der Waals surface area (Å²) in [5.41, 5.74) is 3.44. The molecule has 0 atom stereocenters. The molecule has 1 heterocycles. The fourth-order valence-corrected chi connectivity index (χ4v) is 1.64. The van der Waals surface area contributed by atoms with Crippen LogP contribution < -0.4 is 5.32 Å². The highest BCUT2D eigenvalue weighted by Crippen LogP contribution is 2.21. The molecule has 0 fully saturated rings. The van der Waals surface area contributed by atoms with E-state index in [0.29, 0.717) is 5.56 Å². The Bertz CT molecular complexity index is 553. The predicted molar refractivity (Wildman–Crippen MR) is 70.0 cm³/mol. The highest BCUT2D eigenvalue weighted by Gasteiger charge is 2.07. The number of benzene rings is 1. The number of ether oxygens (including phenoxy) is 1. The van der Waals surface area contributed by atoms with E-state index in [4.69, 9.17) is 0 Å². The molecule has 92 valence electrons. The first-order valence-electron chi connectivity index (χ1n) is 5.56. The van der Waals surface area contributed by atoms with E-state index in [2.05, 4.69) is 15.0 Å². The lowest BCUT2D eigenvalue weighted by atomic mass is 10.1. The molecule has 0 saturated heterocycles. The molecule has 0 spiro atoms. The van der Waals surface area contributed by atoms with Gasteiger partial charge in [-0.15, -0.1) is 0 Å². The van der Waals surface area contributed by atoms with Crippen molar-refractivity contribution < 1.29 is 9.53 Å². The Kier molecular flexibility index (Phi) is 3.57. The van der Waals surface area contributed by atoms with Crippen molar-refractivity contribution >= 4 is 17.3 Å². The molecule has 18 heavy (non-hydrogen) atoms. The number of methoxy groups -OCH3 is 1. The molecule has 0 amide bonds. The van der Waals surface area contributed by atoms with E-state index in [9.17, 15) is 4.79 Å². The molecule has 0 aliphatic rings. The number of pyridine rings is 1. The molecule has 4 nitrogen and oxygen atoms in total. The first-order valence-corrected chi connectivity index (χ1v) is 5.56. The minimum absolute atomic E-state index is 0.325. The standard InChI is InChI=1S/C14H14N2O2/c1-10-9-11(14(17)18-2)3-4-13(10)16-12-5-7-15-8-6-12/h3-9H,1-2H3,(H,15,16). The van der Waals surface area contributed by atoms with Gasteiger partial charge in [-0.25, -0.2) is 4.79 Å². The van der Waals surface area contributed by atoms with E-state index < -0.39 is 0 Å². The van der Waals surface area contributed by atoms with Gasteiger partial charge < -0.3 is 10.1 Å². The van der Waals surface area contributed by atoms with Gasteiger partial charge in [-0.05, 0) is 42.8 Å². The Morgan fingerprint density at radius 3 is 2.56 bits per heavy atom. The van der Waals surface area contributed by atoms with E-state index in [1.165, 1.54) is 7.11 Å². The summed E-state index contributed by atoms with van der Waals surface area (Å²) in [7, 11) is 1.38. The van der Waals surface area contributed by atoms with Crippen LogP contribution in [0.25, 0.3) is 0 Å². The van der Waals surface area contributed by atoms with Crippen LogP contribution >= 0.6 is 0 Å². The maximum absolute atomic E-state index is 11.4. The molecule has 0 aliphatic heterocycles. The van der Waals surface area contributed by atoms with Gasteiger partial charge in [0.25, 0.3) is 0 Å². The van der Waals surface area contributed by atoms with Gasteiger partial charge in [0.05, 0.1) is 12.7 Å². The van der Waals surface area contributed by atoms with Crippen molar-refractivity contribution in [2.24, 2.45) is 0 Å². The average molecular weight is 242 g/mol. The number of carbonyl (C=O) groups is 1. The van der Waals surface area contributed by atoms with Gasteiger partial charge in [-0.2, -0.15) is 0 Å². The van der Waals surface area contributed by atoms with Gasteiger partial charge in [0.15, 0.2) is 0 Å². The Labute approximate surface area is 106 Å². The van der Waals surface area contributed by atoms with Gasteiger partial charge in [0, 0.05) is 23.8 Å². The molecule has 2 aromatic rings. The highest BCUT2D eigenvalue weighted by atomic mass is 16.5. The van der Waals surface area contributed by atoms with Gasteiger partial charge in [0.1, 0.15) is 0 Å². The zero-order valence-electron chi connectivity index (χ0n) is 10.3. The predicted octanol–water partition coefficient (Wildman–Crippen LogP) is 2.92. The number of aromatic nitrogens is 1. The van der Waals surface area contributed by atoms with E-state index >= 15 is 0 Å². The molecule has 1 N–H and O–H groups in total. The second-order valence-corrected chi connectivity index (χ2v) is 3.88. The molecule has 0 saturated carbocycles. The molecular formula is C14H14N2O2. The van der Waals surface area contributed by atoms with Crippen LogP contribution in [-0.2, 0) is 4.74 Å². The number of hydrogen-bond acceptors (Lipinski definition) is 4. The fourth-order valence-electron chi connectivity index (χ4n) is 1.64. The van der Waals surface area contributed by atoms with E-state index in [1.807, 2.05) is 25.1 Å². The molecule has 0 radical (unpaired) electrons. The second kappa shape index (κ2) is 5.31. The van der Waals surface area contributed by atoms with E-state index in [0.717, 1.165) is 16.9 Å². The first kappa shape index (κ1) is 12.1. The van der Waals surface area contributed by atoms with Crippen LogP contribution in [0, 0.1) is 6.92 Å². The molecule has 1 aromatic carbocycles. The lowest BCUT2D eigenvalue weighted by molar-refractivity contribution is 0.0600. The Morgan fingerprint density at radius 2 is 1.94 bits per heavy atom. The fraction of sp³-hybridized carbons (Fsp3) is 0.143. The van der Waals surface area contributed by atoms with Crippen molar-refractivity contribution in [2.75, 3.05) is 12.4 Å². The third-order valence-corrected chi connectivity index (χ3v) is 2.61. The zero-order chi connectivity index (χ0) is 13.0. The quantitative estimate of drug-likeness (QED) is 0.841. The van der Waals surface area contributed by atoms with Crippen molar-refractivity contribution in [3.05, 3.63) is 53.9 Å². The number of carbonyl (C=O) groups excluding carboxylic acids is 1. The Balaban J connectivity index is 2.23. The molecule has 2 rings (SSSR count). The summed E-state index contributed by atoms with van der Waals surface area (Å²) < 4.78 is 4.68. The van der Waals surface area contributed by atoms with Crippen molar-refractivity contribution in [3.8, 4) is 0 Å². The number of rotatable bonds is 3. The minimum atomic E-state index is -0.325. The SMILES string of the molecule is COC(=O)c1ccc(Nc2ccncc2)c(C)c1. The summed E-state index contributed by atoms with van der Waals surface area (Å²) in [6.45, 7) is 1.94. The van der Waals surface area contributed by atoms with Crippen molar-refractivity contribution in [3.63, 3.8) is 0 Å². The number of nitrogens with zero attached hydrogens (tertiary/aromatic N) is 1. The number of nitrogens with one attached hydrogen (secondary N) is 1. The maximum Gasteiger partial charge on any atom is 0.337 e. The number of anilines is 2. The minimum Gasteiger partial charge on any atom is -0.465 e. The van der Waals surface area contributed by atoms with E-state index in [1.54, 1.807) is 24.5 Å². The number of aryl methyl sites for hydroxylation is 1. The third kappa shape index (κ3) is 2.66. The van der Waals surface area contributed by atoms with Crippen LogP contribution in [-0.4, -0.2) is 18.1 Å². The summed E-state index contributed by atoms with van der Waals surface area (Å²) in [5.74, 6) is -0.325. The van der Waals surface area contributed by atoms with Gasteiger partial charge in [-0.3, -0.25) is 4.98 Å². The topological polar surface area (TPSA) is 51.2 Å².